The number of amides is 1. The monoisotopic (exact) mass is 488 g/mol. The van der Waals surface area contributed by atoms with Crippen molar-refractivity contribution in [2.45, 2.75) is 32.5 Å². The number of aromatic nitrogens is 2. The summed E-state index contributed by atoms with van der Waals surface area (Å²) in [6.07, 6.45) is 1.47. The third-order valence-electron chi connectivity index (χ3n) is 4.22. The molecule has 0 aliphatic rings. The highest BCUT2D eigenvalue weighted by atomic mass is 35.5. The van der Waals surface area contributed by atoms with Crippen LogP contribution in [0.3, 0.4) is 0 Å². The Hall–Kier alpha value is -2.61. The van der Waals surface area contributed by atoms with Gasteiger partial charge in [-0.05, 0) is 50.1 Å². The van der Waals surface area contributed by atoms with Crippen molar-refractivity contribution in [1.82, 2.24) is 15.4 Å². The van der Waals surface area contributed by atoms with Crippen molar-refractivity contribution < 1.29 is 9.53 Å². The molecular weight excluding hydrogens is 467 g/mol. The molecule has 0 unspecified atom stereocenters. The van der Waals surface area contributed by atoms with E-state index in [2.05, 4.69) is 20.5 Å². The SMILES string of the molecule is Cc1ccc(COc2c(Cl)cc(/C=N\NC(=O)CSc3nc(C)cc(C)n3)cc2Cl)cc1. The second-order valence-corrected chi connectivity index (χ2v) is 8.86. The van der Waals surface area contributed by atoms with Crippen LogP contribution in [-0.4, -0.2) is 27.8 Å². The minimum atomic E-state index is -0.274. The number of benzene rings is 2. The molecule has 3 rings (SSSR count). The highest BCUT2D eigenvalue weighted by molar-refractivity contribution is 7.99. The van der Waals surface area contributed by atoms with E-state index < -0.39 is 0 Å². The number of carbonyl (C=O) groups is 1. The molecule has 0 atom stereocenters. The first kappa shape index (κ1) is 24.0. The first-order valence-corrected chi connectivity index (χ1v) is 11.5. The second-order valence-electron chi connectivity index (χ2n) is 7.10. The van der Waals surface area contributed by atoms with Crippen molar-refractivity contribution in [2.75, 3.05) is 5.75 Å². The van der Waals surface area contributed by atoms with Crippen LogP contribution in [0.4, 0.5) is 0 Å². The Morgan fingerprint density at radius 1 is 1.06 bits per heavy atom. The lowest BCUT2D eigenvalue weighted by atomic mass is 10.2. The number of aryl methyl sites for hydroxylation is 3. The lowest BCUT2D eigenvalue weighted by molar-refractivity contribution is -0.118. The van der Waals surface area contributed by atoms with Crippen LogP contribution in [0.5, 0.6) is 5.75 Å². The molecule has 1 N–H and O–H groups in total. The van der Waals surface area contributed by atoms with Crippen molar-refractivity contribution in [3.63, 3.8) is 0 Å². The average molecular weight is 489 g/mol. The lowest BCUT2D eigenvalue weighted by Gasteiger charge is -2.11. The number of halogens is 2. The first-order chi connectivity index (χ1) is 15.3. The minimum Gasteiger partial charge on any atom is -0.486 e. The molecule has 0 spiro atoms. The van der Waals surface area contributed by atoms with Crippen molar-refractivity contribution >= 4 is 47.1 Å². The minimum absolute atomic E-state index is 0.146. The number of ether oxygens (including phenoxy) is 1. The second kappa shape index (κ2) is 11.3. The molecule has 0 aliphatic heterocycles. The molecule has 3 aromatic rings. The van der Waals surface area contributed by atoms with Crippen LogP contribution in [0.25, 0.3) is 0 Å². The maximum Gasteiger partial charge on any atom is 0.250 e. The Bertz CT molecular complexity index is 1090. The summed E-state index contributed by atoms with van der Waals surface area (Å²) in [6, 6.07) is 13.2. The van der Waals surface area contributed by atoms with Crippen LogP contribution in [0, 0.1) is 20.8 Å². The summed E-state index contributed by atoms with van der Waals surface area (Å²) in [7, 11) is 0. The first-order valence-electron chi connectivity index (χ1n) is 9.74. The number of nitrogens with one attached hydrogen (secondary N) is 1. The van der Waals surface area contributed by atoms with E-state index in [9.17, 15) is 4.79 Å². The molecule has 0 bridgehead atoms. The number of rotatable bonds is 8. The van der Waals surface area contributed by atoms with Crippen LogP contribution in [0.15, 0.2) is 52.7 Å². The van der Waals surface area contributed by atoms with E-state index in [1.54, 1.807) is 12.1 Å². The maximum absolute atomic E-state index is 12.0. The topological polar surface area (TPSA) is 76.5 Å². The van der Waals surface area contributed by atoms with Crippen LogP contribution in [0.1, 0.15) is 28.1 Å². The summed E-state index contributed by atoms with van der Waals surface area (Å²) >= 11 is 13.9. The number of nitrogens with zero attached hydrogens (tertiary/aromatic N) is 3. The molecule has 0 saturated carbocycles. The van der Waals surface area contributed by atoms with Gasteiger partial charge in [0.15, 0.2) is 10.9 Å². The fourth-order valence-corrected chi connectivity index (χ4v) is 4.09. The van der Waals surface area contributed by atoms with Crippen molar-refractivity contribution in [3.8, 4) is 5.75 Å². The normalized spacial score (nSPS) is 11.0. The molecule has 1 amide bonds. The zero-order chi connectivity index (χ0) is 23.1. The highest BCUT2D eigenvalue weighted by Gasteiger charge is 2.10. The smallest absolute Gasteiger partial charge is 0.250 e. The van der Waals surface area contributed by atoms with Crippen LogP contribution < -0.4 is 10.2 Å². The molecule has 1 heterocycles. The van der Waals surface area contributed by atoms with E-state index in [0.29, 0.717) is 33.1 Å². The standard InChI is InChI=1S/C23H22Cl2N4O2S/c1-14-4-6-17(7-5-14)12-31-22-19(24)9-18(10-20(22)25)11-26-29-21(30)13-32-23-27-15(2)8-16(3)28-23/h4-11H,12-13H2,1-3H3,(H,29,30)/b26-11-. The largest absolute Gasteiger partial charge is 0.486 e. The van der Waals surface area contributed by atoms with E-state index in [-0.39, 0.29) is 11.7 Å². The van der Waals surface area contributed by atoms with Gasteiger partial charge in [-0.2, -0.15) is 5.10 Å². The number of hydrogen-bond donors (Lipinski definition) is 1. The molecule has 1 aromatic heterocycles. The van der Waals surface area contributed by atoms with Gasteiger partial charge in [-0.3, -0.25) is 4.79 Å². The lowest BCUT2D eigenvalue weighted by Crippen LogP contribution is -2.19. The predicted octanol–water partition coefficient (Wildman–Crippen LogP) is 5.53. The van der Waals surface area contributed by atoms with Gasteiger partial charge in [-0.15, -0.1) is 0 Å². The Kier molecular flexibility index (Phi) is 8.50. The molecule has 166 valence electrons. The summed E-state index contributed by atoms with van der Waals surface area (Å²) in [4.78, 5) is 20.6. The van der Waals surface area contributed by atoms with Gasteiger partial charge in [0.2, 0.25) is 0 Å². The van der Waals surface area contributed by atoms with E-state index in [1.807, 2.05) is 51.1 Å². The fourth-order valence-electron chi connectivity index (χ4n) is 2.73. The molecule has 0 fully saturated rings. The molecule has 0 radical (unpaired) electrons. The predicted molar refractivity (Wildman–Crippen MR) is 130 cm³/mol. The van der Waals surface area contributed by atoms with Gasteiger partial charge in [0.1, 0.15) is 6.61 Å². The zero-order valence-electron chi connectivity index (χ0n) is 17.9. The summed E-state index contributed by atoms with van der Waals surface area (Å²) in [5.41, 5.74) is 7.02. The highest BCUT2D eigenvalue weighted by Crippen LogP contribution is 2.34. The third kappa shape index (κ3) is 7.22. The van der Waals surface area contributed by atoms with Gasteiger partial charge in [0.05, 0.1) is 22.0 Å². The van der Waals surface area contributed by atoms with Gasteiger partial charge < -0.3 is 4.74 Å². The van der Waals surface area contributed by atoms with Crippen LogP contribution >= 0.6 is 35.0 Å². The van der Waals surface area contributed by atoms with E-state index >= 15 is 0 Å². The molecule has 32 heavy (non-hydrogen) atoms. The Labute approximate surface area is 201 Å². The number of hydrogen-bond acceptors (Lipinski definition) is 6. The van der Waals surface area contributed by atoms with Crippen LogP contribution in [-0.2, 0) is 11.4 Å². The number of carbonyl (C=O) groups excluding carboxylic acids is 1. The fraction of sp³-hybridized carbons (Fsp3) is 0.217. The van der Waals surface area contributed by atoms with E-state index in [4.69, 9.17) is 27.9 Å². The summed E-state index contributed by atoms with van der Waals surface area (Å²) in [6.45, 7) is 6.15. The Morgan fingerprint density at radius 2 is 1.69 bits per heavy atom. The average Bonchev–Trinajstić information content (AvgIpc) is 2.72. The van der Waals surface area contributed by atoms with Crippen molar-refractivity contribution in [2.24, 2.45) is 5.10 Å². The third-order valence-corrected chi connectivity index (χ3v) is 5.63. The van der Waals surface area contributed by atoms with Gasteiger partial charge in [-0.25, -0.2) is 15.4 Å². The maximum atomic E-state index is 12.0. The van der Waals surface area contributed by atoms with Crippen molar-refractivity contribution in [3.05, 3.63) is 80.6 Å². The molecule has 0 aliphatic carbocycles. The zero-order valence-corrected chi connectivity index (χ0v) is 20.2. The van der Waals surface area contributed by atoms with Gasteiger partial charge >= 0.3 is 0 Å². The number of thioether (sulfide) groups is 1. The summed E-state index contributed by atoms with van der Waals surface area (Å²) in [5, 5.41) is 5.24. The molecule has 9 heteroatoms. The van der Waals surface area contributed by atoms with E-state index in [1.165, 1.54) is 23.5 Å². The van der Waals surface area contributed by atoms with Gasteiger partial charge in [-0.1, -0.05) is 64.8 Å². The van der Waals surface area contributed by atoms with Crippen LogP contribution in [0.2, 0.25) is 10.0 Å². The summed E-state index contributed by atoms with van der Waals surface area (Å²) < 4.78 is 5.79. The van der Waals surface area contributed by atoms with Gasteiger partial charge in [0.25, 0.3) is 5.91 Å². The number of hydrazone groups is 1. The quantitative estimate of drug-likeness (QED) is 0.195. The van der Waals surface area contributed by atoms with Crippen molar-refractivity contribution in [1.29, 1.82) is 0 Å². The molecule has 2 aromatic carbocycles. The molecular formula is C23H22Cl2N4O2S. The summed E-state index contributed by atoms with van der Waals surface area (Å²) in [5.74, 6) is 0.275. The Morgan fingerprint density at radius 3 is 2.31 bits per heavy atom. The molecule has 0 saturated heterocycles. The van der Waals surface area contributed by atoms with E-state index in [0.717, 1.165) is 17.0 Å². The Balaban J connectivity index is 1.53. The van der Waals surface area contributed by atoms with Gasteiger partial charge in [0, 0.05) is 11.4 Å². The molecule has 6 nitrogen and oxygen atoms in total.